The van der Waals surface area contributed by atoms with Gasteiger partial charge in [0.05, 0.1) is 19.9 Å². The van der Waals surface area contributed by atoms with Crippen LogP contribution in [0.15, 0.2) is 42.5 Å². The van der Waals surface area contributed by atoms with Crippen molar-refractivity contribution in [1.29, 1.82) is 0 Å². The molecule has 1 amide bonds. The van der Waals surface area contributed by atoms with Gasteiger partial charge in [0.25, 0.3) is 0 Å². The Labute approximate surface area is 156 Å². The lowest BCUT2D eigenvalue weighted by Gasteiger charge is -2.12. The highest BCUT2D eigenvalue weighted by Crippen LogP contribution is 2.53. The van der Waals surface area contributed by atoms with Crippen LogP contribution in [0.25, 0.3) is 0 Å². The van der Waals surface area contributed by atoms with Crippen molar-refractivity contribution in [3.63, 3.8) is 0 Å². The monoisotopic (exact) mass is 355 g/mol. The van der Waals surface area contributed by atoms with E-state index in [9.17, 15) is 4.79 Å². The Kier molecular flexibility index (Phi) is 6.37. The number of ether oxygens (including phenoxy) is 2. The molecule has 1 unspecified atom stereocenters. The predicted octanol–water partition coefficient (Wildman–Crippen LogP) is 4.97. The zero-order valence-corrected chi connectivity index (χ0v) is 15.7. The molecule has 1 saturated carbocycles. The Hall–Kier alpha value is -2.23. The molecule has 4 nitrogen and oxygen atoms in total. The van der Waals surface area contributed by atoms with Gasteiger partial charge in [-0.25, -0.2) is 0 Å². The van der Waals surface area contributed by atoms with Gasteiger partial charge in [-0.2, -0.15) is 0 Å². The minimum Gasteiger partial charge on any atom is -0.497 e. The van der Waals surface area contributed by atoms with Crippen LogP contribution in [0.3, 0.4) is 0 Å². The normalized spacial score (nSPS) is 27.8. The predicted molar refractivity (Wildman–Crippen MR) is 105 cm³/mol. The van der Waals surface area contributed by atoms with Crippen molar-refractivity contribution in [2.24, 2.45) is 17.8 Å². The first kappa shape index (κ1) is 18.6. The molecule has 0 bridgehead atoms. The number of benzene rings is 1. The van der Waals surface area contributed by atoms with E-state index in [0.29, 0.717) is 29.0 Å². The number of nitrogens with one attached hydrogen (secondary N) is 1. The quantitative estimate of drug-likeness (QED) is 0.776. The lowest BCUT2D eigenvalue weighted by Crippen LogP contribution is -2.16. The van der Waals surface area contributed by atoms with Crippen molar-refractivity contribution in [2.45, 2.75) is 38.5 Å². The van der Waals surface area contributed by atoms with Gasteiger partial charge >= 0.3 is 0 Å². The van der Waals surface area contributed by atoms with E-state index < -0.39 is 0 Å². The number of carbonyl (C=O) groups excluding carboxylic acids is 1. The summed E-state index contributed by atoms with van der Waals surface area (Å²) in [7, 11) is 3.23. The summed E-state index contributed by atoms with van der Waals surface area (Å²) in [6, 6.07) is 5.47. The minimum atomic E-state index is 0.105. The molecule has 0 saturated heterocycles. The fourth-order valence-electron chi connectivity index (χ4n) is 3.99. The third-order valence-corrected chi connectivity index (χ3v) is 5.47. The second-order valence-corrected chi connectivity index (χ2v) is 7.08. The maximum atomic E-state index is 12.9. The van der Waals surface area contributed by atoms with E-state index in [-0.39, 0.29) is 11.8 Å². The number of hydrogen-bond acceptors (Lipinski definition) is 3. The average molecular weight is 355 g/mol. The molecule has 2 aliphatic rings. The summed E-state index contributed by atoms with van der Waals surface area (Å²) in [4.78, 5) is 12.9. The maximum absolute atomic E-state index is 12.9. The summed E-state index contributed by atoms with van der Waals surface area (Å²) in [5.41, 5.74) is 0.680. The van der Waals surface area contributed by atoms with Crippen LogP contribution in [-0.4, -0.2) is 20.1 Å². The van der Waals surface area contributed by atoms with Gasteiger partial charge in [0, 0.05) is 12.0 Å². The van der Waals surface area contributed by atoms with Crippen LogP contribution in [0.2, 0.25) is 0 Å². The molecule has 3 atom stereocenters. The second-order valence-electron chi connectivity index (χ2n) is 7.08. The first-order valence-corrected chi connectivity index (χ1v) is 9.57. The smallest absolute Gasteiger partial charge is 0.228 e. The molecule has 26 heavy (non-hydrogen) atoms. The molecule has 4 heteroatoms. The van der Waals surface area contributed by atoms with Crippen LogP contribution in [0.4, 0.5) is 5.69 Å². The van der Waals surface area contributed by atoms with Gasteiger partial charge in [-0.05, 0) is 62.5 Å². The molecular formula is C22H29NO3. The number of fused-ring (bicyclic) bond motifs is 1. The zero-order valence-electron chi connectivity index (χ0n) is 15.7. The molecule has 1 N–H and O–H groups in total. The molecule has 0 spiro atoms. The third-order valence-electron chi connectivity index (χ3n) is 5.47. The van der Waals surface area contributed by atoms with Crippen molar-refractivity contribution in [3.05, 3.63) is 42.5 Å². The van der Waals surface area contributed by atoms with Crippen LogP contribution in [0, 0.1) is 17.8 Å². The van der Waals surface area contributed by atoms with E-state index in [1.807, 2.05) is 18.2 Å². The van der Waals surface area contributed by atoms with Gasteiger partial charge in [-0.3, -0.25) is 4.79 Å². The summed E-state index contributed by atoms with van der Waals surface area (Å²) < 4.78 is 10.6. The van der Waals surface area contributed by atoms with E-state index in [4.69, 9.17) is 9.47 Å². The van der Waals surface area contributed by atoms with Crippen molar-refractivity contribution >= 4 is 11.6 Å². The molecule has 1 aromatic carbocycles. The van der Waals surface area contributed by atoms with E-state index in [1.165, 1.54) is 0 Å². The van der Waals surface area contributed by atoms with Crippen molar-refractivity contribution in [1.82, 2.24) is 0 Å². The van der Waals surface area contributed by atoms with Crippen LogP contribution in [0.1, 0.15) is 38.5 Å². The molecule has 1 fully saturated rings. The summed E-state index contributed by atoms with van der Waals surface area (Å²) in [6.07, 6.45) is 15.6. The molecule has 0 radical (unpaired) electrons. The molecule has 3 rings (SSSR count). The summed E-state index contributed by atoms with van der Waals surface area (Å²) in [6.45, 7) is 0. The van der Waals surface area contributed by atoms with Gasteiger partial charge in [0.2, 0.25) is 5.91 Å². The Morgan fingerprint density at radius 3 is 2.12 bits per heavy atom. The highest BCUT2D eigenvalue weighted by Gasteiger charge is 2.52. The average Bonchev–Trinajstić information content (AvgIpc) is 3.34. The SMILES string of the molecule is COc1ccc(OC)c(NC(=O)C2[C@@H]3CC/C=C\CC/C=C/CC[C@@H]23)c1. The van der Waals surface area contributed by atoms with Gasteiger partial charge in [0.1, 0.15) is 11.5 Å². The Balaban J connectivity index is 1.68. The summed E-state index contributed by atoms with van der Waals surface area (Å²) >= 11 is 0. The van der Waals surface area contributed by atoms with E-state index in [2.05, 4.69) is 29.6 Å². The number of rotatable bonds is 4. The number of anilines is 1. The second kappa shape index (κ2) is 8.93. The first-order chi connectivity index (χ1) is 12.7. The number of methoxy groups -OCH3 is 2. The van der Waals surface area contributed by atoms with Crippen molar-refractivity contribution < 1.29 is 14.3 Å². The molecule has 1 aromatic rings. The molecule has 2 aliphatic carbocycles. The van der Waals surface area contributed by atoms with Crippen molar-refractivity contribution in [2.75, 3.05) is 19.5 Å². The van der Waals surface area contributed by atoms with E-state index >= 15 is 0 Å². The lowest BCUT2D eigenvalue weighted by molar-refractivity contribution is -0.117. The summed E-state index contributed by atoms with van der Waals surface area (Å²) in [5.74, 6) is 2.55. The Morgan fingerprint density at radius 1 is 0.923 bits per heavy atom. The topological polar surface area (TPSA) is 47.6 Å². The van der Waals surface area contributed by atoms with Crippen LogP contribution in [0.5, 0.6) is 11.5 Å². The minimum absolute atomic E-state index is 0.105. The largest absolute Gasteiger partial charge is 0.497 e. The van der Waals surface area contributed by atoms with Gasteiger partial charge in [-0.1, -0.05) is 24.3 Å². The highest BCUT2D eigenvalue weighted by molar-refractivity contribution is 5.96. The number of hydrogen-bond donors (Lipinski definition) is 1. The van der Waals surface area contributed by atoms with Gasteiger partial charge < -0.3 is 14.8 Å². The van der Waals surface area contributed by atoms with Crippen LogP contribution >= 0.6 is 0 Å². The van der Waals surface area contributed by atoms with Crippen LogP contribution in [-0.2, 0) is 4.79 Å². The Morgan fingerprint density at radius 2 is 1.54 bits per heavy atom. The fraction of sp³-hybridized carbons (Fsp3) is 0.500. The molecule has 0 heterocycles. The molecule has 140 valence electrons. The number of carbonyl (C=O) groups is 1. The third kappa shape index (κ3) is 4.48. The lowest BCUT2D eigenvalue weighted by atomic mass is 10.1. The van der Waals surface area contributed by atoms with Crippen LogP contribution < -0.4 is 14.8 Å². The zero-order chi connectivity index (χ0) is 18.4. The Bertz CT molecular complexity index is 656. The standard InChI is InChI=1S/C22H29NO3/c1-25-16-13-14-20(26-2)19(15-16)23-22(24)21-17-11-9-7-5-3-4-6-8-10-12-18(17)21/h5-8,13-15,17-18,21H,3-4,9-12H2,1-2H3,(H,23,24)/b7-5-,8-6+/t17-,18-,21?/m1/s1. The number of allylic oxidation sites excluding steroid dienone is 4. The van der Waals surface area contributed by atoms with Gasteiger partial charge in [-0.15, -0.1) is 0 Å². The van der Waals surface area contributed by atoms with Gasteiger partial charge in [0.15, 0.2) is 0 Å². The summed E-state index contributed by atoms with van der Waals surface area (Å²) in [5, 5.41) is 3.07. The van der Waals surface area contributed by atoms with E-state index in [0.717, 1.165) is 38.5 Å². The molecule has 0 aromatic heterocycles. The highest BCUT2D eigenvalue weighted by atomic mass is 16.5. The number of amides is 1. The fourth-order valence-corrected chi connectivity index (χ4v) is 3.99. The first-order valence-electron chi connectivity index (χ1n) is 9.57. The van der Waals surface area contributed by atoms with Crippen molar-refractivity contribution in [3.8, 4) is 11.5 Å². The molecule has 0 aliphatic heterocycles. The molecular weight excluding hydrogens is 326 g/mol. The maximum Gasteiger partial charge on any atom is 0.228 e. The van der Waals surface area contributed by atoms with E-state index in [1.54, 1.807) is 14.2 Å².